The van der Waals surface area contributed by atoms with Gasteiger partial charge >= 0.3 is 0 Å². The molecule has 0 atom stereocenters. The van der Waals surface area contributed by atoms with Gasteiger partial charge in [0.1, 0.15) is 5.82 Å². The average molecular weight is 312 g/mol. The van der Waals surface area contributed by atoms with E-state index in [1.807, 2.05) is 6.07 Å². The van der Waals surface area contributed by atoms with Gasteiger partial charge in [-0.1, -0.05) is 55.2 Å². The van der Waals surface area contributed by atoms with E-state index in [2.05, 4.69) is 19.2 Å². The van der Waals surface area contributed by atoms with Gasteiger partial charge in [0.15, 0.2) is 0 Å². The first-order valence-corrected chi connectivity index (χ1v) is 7.20. The lowest BCUT2D eigenvalue weighted by atomic mass is 10.0. The van der Waals surface area contributed by atoms with Crippen LogP contribution in [0.1, 0.15) is 19.4 Å². The summed E-state index contributed by atoms with van der Waals surface area (Å²) < 4.78 is 14.2. The fourth-order valence-electron chi connectivity index (χ4n) is 1.92. The van der Waals surface area contributed by atoms with Crippen molar-refractivity contribution in [3.05, 3.63) is 57.8 Å². The Morgan fingerprint density at radius 3 is 2.35 bits per heavy atom. The van der Waals surface area contributed by atoms with Crippen LogP contribution in [0.5, 0.6) is 0 Å². The molecular weight excluding hydrogens is 296 g/mol. The molecule has 0 fully saturated rings. The first-order valence-electron chi connectivity index (χ1n) is 6.44. The van der Waals surface area contributed by atoms with E-state index >= 15 is 0 Å². The van der Waals surface area contributed by atoms with Crippen LogP contribution < -0.4 is 5.32 Å². The van der Waals surface area contributed by atoms with Crippen molar-refractivity contribution in [2.45, 2.75) is 26.4 Å². The molecule has 0 heterocycles. The van der Waals surface area contributed by atoms with Crippen molar-refractivity contribution in [1.29, 1.82) is 0 Å². The second-order valence-electron chi connectivity index (χ2n) is 4.97. The van der Waals surface area contributed by atoms with E-state index in [1.54, 1.807) is 24.3 Å². The summed E-state index contributed by atoms with van der Waals surface area (Å²) in [6, 6.07) is 10.6. The van der Waals surface area contributed by atoms with E-state index in [0.717, 1.165) is 5.56 Å². The molecule has 0 aromatic heterocycles. The molecular formula is C16H16Cl2FN. The number of hydrogen-bond acceptors (Lipinski definition) is 1. The molecule has 0 amide bonds. The summed E-state index contributed by atoms with van der Waals surface area (Å²) in [5.41, 5.74) is 2.04. The van der Waals surface area contributed by atoms with Crippen molar-refractivity contribution in [1.82, 2.24) is 5.32 Å². The zero-order valence-electron chi connectivity index (χ0n) is 11.4. The molecule has 2 aromatic carbocycles. The van der Waals surface area contributed by atoms with Gasteiger partial charge in [-0.15, -0.1) is 0 Å². The van der Waals surface area contributed by atoms with Crippen LogP contribution in [-0.4, -0.2) is 6.04 Å². The smallest absolute Gasteiger partial charge is 0.131 e. The number of hydrogen-bond donors (Lipinski definition) is 1. The normalized spacial score (nSPS) is 11.1. The third kappa shape index (κ3) is 3.72. The Kier molecular flexibility index (Phi) is 5.03. The molecule has 0 saturated carbocycles. The maximum atomic E-state index is 14.2. The molecule has 106 valence electrons. The lowest BCUT2D eigenvalue weighted by Gasteiger charge is -2.11. The van der Waals surface area contributed by atoms with Crippen LogP contribution in [-0.2, 0) is 6.54 Å². The Labute approximate surface area is 128 Å². The van der Waals surface area contributed by atoms with Crippen molar-refractivity contribution in [2.75, 3.05) is 0 Å². The topological polar surface area (TPSA) is 12.0 Å². The highest BCUT2D eigenvalue weighted by molar-refractivity contribution is 6.36. The molecule has 0 unspecified atom stereocenters. The molecule has 4 heteroatoms. The first-order chi connectivity index (χ1) is 9.47. The summed E-state index contributed by atoms with van der Waals surface area (Å²) in [6.45, 7) is 4.75. The van der Waals surface area contributed by atoms with Crippen LogP contribution in [0.25, 0.3) is 11.1 Å². The van der Waals surface area contributed by atoms with Crippen LogP contribution in [0.3, 0.4) is 0 Å². The molecule has 1 N–H and O–H groups in total. The fourth-order valence-corrected chi connectivity index (χ4v) is 2.43. The second-order valence-corrected chi connectivity index (χ2v) is 5.82. The summed E-state index contributed by atoms with van der Waals surface area (Å²) in [6.07, 6.45) is 0. The standard InChI is InChI=1S/C16H16Cl2FN/c1-10(2)20-9-11-3-5-14(16(19)7-11)13-6-4-12(17)8-15(13)18/h3-8,10,20H,9H2,1-2H3. The van der Waals surface area contributed by atoms with E-state index < -0.39 is 0 Å². The van der Waals surface area contributed by atoms with Gasteiger partial charge in [-0.05, 0) is 23.8 Å². The van der Waals surface area contributed by atoms with Crippen LogP contribution in [0.4, 0.5) is 4.39 Å². The van der Waals surface area contributed by atoms with Gasteiger partial charge in [-0.3, -0.25) is 0 Å². The van der Waals surface area contributed by atoms with Gasteiger partial charge in [0.25, 0.3) is 0 Å². The van der Waals surface area contributed by atoms with Gasteiger partial charge in [0.2, 0.25) is 0 Å². The van der Waals surface area contributed by atoms with E-state index in [-0.39, 0.29) is 5.82 Å². The lowest BCUT2D eigenvalue weighted by molar-refractivity contribution is 0.582. The largest absolute Gasteiger partial charge is 0.310 e. The Morgan fingerprint density at radius 2 is 1.75 bits per heavy atom. The molecule has 0 aliphatic carbocycles. The molecule has 1 nitrogen and oxygen atoms in total. The van der Waals surface area contributed by atoms with Gasteiger partial charge in [0, 0.05) is 33.8 Å². The van der Waals surface area contributed by atoms with Gasteiger partial charge in [-0.25, -0.2) is 4.39 Å². The van der Waals surface area contributed by atoms with E-state index in [0.29, 0.717) is 33.8 Å². The molecule has 0 bridgehead atoms. The van der Waals surface area contributed by atoms with Crippen molar-refractivity contribution in [3.63, 3.8) is 0 Å². The van der Waals surface area contributed by atoms with Gasteiger partial charge in [0.05, 0.1) is 0 Å². The molecule has 2 rings (SSSR count). The number of nitrogens with one attached hydrogen (secondary N) is 1. The van der Waals surface area contributed by atoms with Crippen molar-refractivity contribution in [3.8, 4) is 11.1 Å². The SMILES string of the molecule is CC(C)NCc1ccc(-c2ccc(Cl)cc2Cl)c(F)c1. The van der Waals surface area contributed by atoms with Crippen molar-refractivity contribution < 1.29 is 4.39 Å². The predicted octanol–water partition coefficient (Wildman–Crippen LogP) is 5.30. The molecule has 2 aromatic rings. The fraction of sp³-hybridized carbons (Fsp3) is 0.250. The minimum Gasteiger partial charge on any atom is -0.310 e. The number of halogens is 3. The first kappa shape index (κ1) is 15.3. The van der Waals surface area contributed by atoms with Crippen LogP contribution in [0.2, 0.25) is 10.0 Å². The third-order valence-corrected chi connectivity index (χ3v) is 3.52. The molecule has 20 heavy (non-hydrogen) atoms. The van der Waals surface area contributed by atoms with Crippen molar-refractivity contribution in [2.24, 2.45) is 0 Å². The molecule has 0 aliphatic heterocycles. The Bertz CT molecular complexity index is 611. The quantitative estimate of drug-likeness (QED) is 0.808. The molecule has 0 saturated heterocycles. The zero-order chi connectivity index (χ0) is 14.7. The highest BCUT2D eigenvalue weighted by atomic mass is 35.5. The molecule has 0 spiro atoms. The van der Waals surface area contributed by atoms with Gasteiger partial charge < -0.3 is 5.32 Å². The Hall–Kier alpha value is -1.09. The van der Waals surface area contributed by atoms with Crippen LogP contribution in [0, 0.1) is 5.82 Å². The summed E-state index contributed by atoms with van der Waals surface area (Å²) >= 11 is 12.0. The van der Waals surface area contributed by atoms with Crippen LogP contribution in [0.15, 0.2) is 36.4 Å². The highest BCUT2D eigenvalue weighted by Gasteiger charge is 2.10. The molecule has 0 radical (unpaired) electrons. The minimum absolute atomic E-state index is 0.280. The molecule has 0 aliphatic rings. The second kappa shape index (κ2) is 6.57. The van der Waals surface area contributed by atoms with Gasteiger partial charge in [-0.2, -0.15) is 0 Å². The summed E-state index contributed by atoms with van der Waals surface area (Å²) in [5, 5.41) is 4.24. The van der Waals surface area contributed by atoms with E-state index in [4.69, 9.17) is 23.2 Å². The number of benzene rings is 2. The number of rotatable bonds is 4. The average Bonchev–Trinajstić information content (AvgIpc) is 2.37. The lowest BCUT2D eigenvalue weighted by Crippen LogP contribution is -2.21. The van der Waals surface area contributed by atoms with Crippen molar-refractivity contribution >= 4 is 23.2 Å². The van der Waals surface area contributed by atoms with E-state index in [1.165, 1.54) is 6.07 Å². The van der Waals surface area contributed by atoms with Crippen LogP contribution >= 0.6 is 23.2 Å². The maximum absolute atomic E-state index is 14.2. The highest BCUT2D eigenvalue weighted by Crippen LogP contribution is 2.32. The summed E-state index contributed by atoms with van der Waals surface area (Å²) in [7, 11) is 0. The predicted molar refractivity (Wildman–Crippen MR) is 83.8 cm³/mol. The summed E-state index contributed by atoms with van der Waals surface area (Å²) in [4.78, 5) is 0. The minimum atomic E-state index is -0.280. The maximum Gasteiger partial charge on any atom is 0.131 e. The van der Waals surface area contributed by atoms with E-state index in [9.17, 15) is 4.39 Å². The monoisotopic (exact) mass is 311 g/mol. The summed E-state index contributed by atoms with van der Waals surface area (Å²) in [5.74, 6) is -0.280. The third-order valence-electron chi connectivity index (χ3n) is 2.97. The Morgan fingerprint density at radius 1 is 1.05 bits per heavy atom. The Balaban J connectivity index is 2.29. The zero-order valence-corrected chi connectivity index (χ0v) is 12.9.